The molecule has 11 heteroatoms. The van der Waals surface area contributed by atoms with Crippen molar-refractivity contribution in [3.63, 3.8) is 0 Å². The van der Waals surface area contributed by atoms with Gasteiger partial charge in [0.1, 0.15) is 0 Å². The third kappa shape index (κ3) is 5.01. The molecule has 2 aromatic carbocycles. The van der Waals surface area contributed by atoms with Crippen molar-refractivity contribution in [1.82, 2.24) is 14.8 Å². The fourth-order valence-corrected chi connectivity index (χ4v) is 4.58. The van der Waals surface area contributed by atoms with Crippen molar-refractivity contribution >= 4 is 5.69 Å². The molecule has 2 aromatic heterocycles. The van der Waals surface area contributed by atoms with Crippen LogP contribution in [-0.2, 0) is 6.18 Å². The quantitative estimate of drug-likeness (QED) is 0.384. The first-order valence-corrected chi connectivity index (χ1v) is 12.1. The topological polar surface area (TPSA) is 93.6 Å². The highest BCUT2D eigenvalue weighted by atomic mass is 19.4. The smallest absolute Gasteiger partial charge is 0.418 e. The SMILES string of the molecule is CCOc1cc(-c2cc(C)cc(-c3cnco3)c2)nn(-c2cc(N3CCC(O)C3)ccc2C(F)(F)F)c1=O. The maximum Gasteiger partial charge on any atom is 0.418 e. The van der Waals surface area contributed by atoms with Gasteiger partial charge in [-0.05, 0) is 62.2 Å². The Kier molecular flexibility index (Phi) is 6.70. The Labute approximate surface area is 215 Å². The molecule has 1 aliphatic heterocycles. The second kappa shape index (κ2) is 9.97. The van der Waals surface area contributed by atoms with Gasteiger partial charge in [0.2, 0.25) is 0 Å². The summed E-state index contributed by atoms with van der Waals surface area (Å²) < 4.78 is 54.1. The van der Waals surface area contributed by atoms with E-state index < -0.39 is 29.1 Å². The van der Waals surface area contributed by atoms with Crippen LogP contribution in [0.1, 0.15) is 24.5 Å². The van der Waals surface area contributed by atoms with Gasteiger partial charge < -0.3 is 19.2 Å². The van der Waals surface area contributed by atoms with E-state index in [1.165, 1.54) is 24.6 Å². The number of aliphatic hydroxyl groups excluding tert-OH is 1. The lowest BCUT2D eigenvalue weighted by atomic mass is 10.0. The van der Waals surface area contributed by atoms with E-state index in [1.54, 1.807) is 30.2 Å². The van der Waals surface area contributed by atoms with Gasteiger partial charge in [0, 0.05) is 36.0 Å². The van der Waals surface area contributed by atoms with Crippen LogP contribution in [0.25, 0.3) is 28.3 Å². The van der Waals surface area contributed by atoms with Crippen molar-refractivity contribution in [2.24, 2.45) is 0 Å². The highest BCUT2D eigenvalue weighted by Crippen LogP contribution is 2.37. The van der Waals surface area contributed by atoms with E-state index in [0.29, 0.717) is 35.5 Å². The van der Waals surface area contributed by atoms with Gasteiger partial charge in [0.25, 0.3) is 0 Å². The summed E-state index contributed by atoms with van der Waals surface area (Å²) in [4.78, 5) is 19.1. The molecule has 0 bridgehead atoms. The summed E-state index contributed by atoms with van der Waals surface area (Å²) in [5.41, 5.74) is 0.533. The minimum absolute atomic E-state index is 0.129. The van der Waals surface area contributed by atoms with Gasteiger partial charge in [-0.2, -0.15) is 23.0 Å². The van der Waals surface area contributed by atoms with E-state index >= 15 is 0 Å². The summed E-state index contributed by atoms with van der Waals surface area (Å²) >= 11 is 0. The molecule has 3 heterocycles. The van der Waals surface area contributed by atoms with Crippen LogP contribution in [0.3, 0.4) is 0 Å². The van der Waals surface area contributed by atoms with Crippen molar-refractivity contribution in [3.8, 4) is 34.0 Å². The van der Waals surface area contributed by atoms with Crippen molar-refractivity contribution in [2.45, 2.75) is 32.5 Å². The number of anilines is 1. The molecule has 1 fully saturated rings. The standard InChI is InChI=1S/C27H25F3N4O4/c1-3-37-24-12-22(17-8-16(2)9-18(10-17)25-13-31-15-38-25)32-34(26(24)36)23-11-19(33-7-6-20(35)14-33)4-5-21(23)27(28,29)30/h4-5,8-13,15,20,35H,3,6-7,14H2,1-2H3. The molecule has 0 radical (unpaired) electrons. The number of nitrogens with zero attached hydrogens (tertiary/aromatic N) is 4. The number of benzene rings is 2. The monoisotopic (exact) mass is 526 g/mol. The first-order valence-electron chi connectivity index (χ1n) is 12.1. The molecular formula is C27H25F3N4O4. The zero-order valence-electron chi connectivity index (χ0n) is 20.7. The zero-order valence-corrected chi connectivity index (χ0v) is 20.7. The molecule has 5 rings (SSSR count). The van der Waals surface area contributed by atoms with Crippen molar-refractivity contribution in [1.29, 1.82) is 0 Å². The molecule has 1 saturated heterocycles. The predicted octanol–water partition coefficient (Wildman–Crippen LogP) is 4.85. The Bertz CT molecular complexity index is 1520. The maximum absolute atomic E-state index is 14.1. The van der Waals surface area contributed by atoms with Crippen molar-refractivity contribution < 1.29 is 27.4 Å². The highest BCUT2D eigenvalue weighted by Gasteiger charge is 2.36. The van der Waals surface area contributed by atoms with Crippen LogP contribution in [0.2, 0.25) is 0 Å². The summed E-state index contributed by atoms with van der Waals surface area (Å²) in [5.74, 6) is 0.378. The van der Waals surface area contributed by atoms with Gasteiger partial charge in [-0.1, -0.05) is 0 Å². The Morgan fingerprint density at radius 1 is 1.16 bits per heavy atom. The number of β-amino-alcohol motifs (C(OH)–C–C–N with tert-alkyl or cyclic N) is 1. The number of ether oxygens (including phenoxy) is 1. The van der Waals surface area contributed by atoms with Gasteiger partial charge in [-0.3, -0.25) is 4.79 Å². The van der Waals surface area contributed by atoms with Gasteiger partial charge in [-0.25, -0.2) is 4.98 Å². The molecule has 1 aliphatic rings. The minimum Gasteiger partial charge on any atom is -0.488 e. The van der Waals surface area contributed by atoms with E-state index in [4.69, 9.17) is 9.15 Å². The lowest BCUT2D eigenvalue weighted by Crippen LogP contribution is -2.27. The molecule has 1 N–H and O–H groups in total. The normalized spacial score (nSPS) is 15.7. The van der Waals surface area contributed by atoms with Crippen molar-refractivity contribution in [2.75, 3.05) is 24.6 Å². The van der Waals surface area contributed by atoms with Crippen LogP contribution in [0.5, 0.6) is 5.75 Å². The summed E-state index contributed by atoms with van der Waals surface area (Å²) in [6.07, 6.45) is -1.97. The van der Waals surface area contributed by atoms with Gasteiger partial charge >= 0.3 is 11.7 Å². The average molecular weight is 527 g/mol. The van der Waals surface area contributed by atoms with Gasteiger partial charge in [0.05, 0.1) is 35.9 Å². The van der Waals surface area contributed by atoms with Crippen LogP contribution in [0.4, 0.5) is 18.9 Å². The van der Waals surface area contributed by atoms with E-state index in [9.17, 15) is 23.1 Å². The molecule has 0 aliphatic carbocycles. The van der Waals surface area contributed by atoms with Crippen LogP contribution < -0.4 is 15.2 Å². The lowest BCUT2D eigenvalue weighted by Gasteiger charge is -2.22. The number of aliphatic hydroxyl groups is 1. The molecule has 198 valence electrons. The Morgan fingerprint density at radius 2 is 1.95 bits per heavy atom. The summed E-state index contributed by atoms with van der Waals surface area (Å²) in [6, 6.07) is 10.4. The molecule has 1 atom stereocenters. The average Bonchev–Trinajstić information content (AvgIpc) is 3.56. The molecular weight excluding hydrogens is 501 g/mol. The largest absolute Gasteiger partial charge is 0.488 e. The van der Waals surface area contributed by atoms with Gasteiger partial charge in [-0.15, -0.1) is 0 Å². The molecule has 1 unspecified atom stereocenters. The molecule has 4 aromatic rings. The molecule has 8 nitrogen and oxygen atoms in total. The van der Waals surface area contributed by atoms with Crippen LogP contribution in [0, 0.1) is 6.92 Å². The van der Waals surface area contributed by atoms with E-state index in [0.717, 1.165) is 16.3 Å². The third-order valence-electron chi connectivity index (χ3n) is 6.31. The number of aromatic nitrogens is 3. The number of hydrogen-bond donors (Lipinski definition) is 1. The number of alkyl halides is 3. The Balaban J connectivity index is 1.72. The number of aryl methyl sites for hydroxylation is 1. The first-order chi connectivity index (χ1) is 18.1. The van der Waals surface area contributed by atoms with Crippen LogP contribution in [-0.4, -0.2) is 45.7 Å². The fourth-order valence-electron chi connectivity index (χ4n) is 4.58. The molecule has 38 heavy (non-hydrogen) atoms. The first kappa shape index (κ1) is 25.5. The zero-order chi connectivity index (χ0) is 27.0. The number of oxazole rings is 1. The number of rotatable bonds is 6. The maximum atomic E-state index is 14.1. The predicted molar refractivity (Wildman–Crippen MR) is 135 cm³/mol. The van der Waals surface area contributed by atoms with Crippen molar-refractivity contribution in [3.05, 3.63) is 76.5 Å². The second-order valence-corrected chi connectivity index (χ2v) is 9.08. The van der Waals surface area contributed by atoms with E-state index in [2.05, 4.69) is 10.1 Å². The van der Waals surface area contributed by atoms with Gasteiger partial charge in [0.15, 0.2) is 17.9 Å². The number of hydrogen-bond acceptors (Lipinski definition) is 7. The molecule has 0 saturated carbocycles. The number of halogens is 3. The Morgan fingerprint density at radius 3 is 2.61 bits per heavy atom. The molecule has 0 amide bonds. The van der Waals surface area contributed by atoms with Crippen LogP contribution >= 0.6 is 0 Å². The van der Waals surface area contributed by atoms with Crippen LogP contribution in [0.15, 0.2) is 64.3 Å². The van der Waals surface area contributed by atoms with E-state index in [-0.39, 0.29) is 24.6 Å². The highest BCUT2D eigenvalue weighted by molar-refractivity contribution is 5.70. The summed E-state index contributed by atoms with van der Waals surface area (Å²) in [5, 5.41) is 14.3. The second-order valence-electron chi connectivity index (χ2n) is 9.08. The minimum atomic E-state index is -4.75. The Hall–Kier alpha value is -4.12. The molecule has 0 spiro atoms. The summed E-state index contributed by atoms with van der Waals surface area (Å²) in [6.45, 7) is 4.43. The lowest BCUT2D eigenvalue weighted by molar-refractivity contribution is -0.137. The fraction of sp³-hybridized carbons (Fsp3) is 0.296. The summed E-state index contributed by atoms with van der Waals surface area (Å²) in [7, 11) is 0. The van der Waals surface area contributed by atoms with E-state index in [1.807, 2.05) is 13.0 Å². The third-order valence-corrected chi connectivity index (χ3v) is 6.31.